The van der Waals surface area contributed by atoms with Crippen LogP contribution in [0.25, 0.3) is 0 Å². The van der Waals surface area contributed by atoms with Crippen molar-refractivity contribution in [3.8, 4) is 0 Å². The molecule has 0 spiro atoms. The van der Waals surface area contributed by atoms with Gasteiger partial charge in [-0.25, -0.2) is 4.79 Å². The normalized spacial score (nSPS) is 9.60. The van der Waals surface area contributed by atoms with E-state index in [1.807, 2.05) is 0 Å². The smallest absolute Gasteiger partial charge is 0.374 e. The lowest BCUT2D eigenvalue weighted by atomic mass is 10.4. The number of aromatic carboxylic acids is 1. The number of nitrogen functional groups attached to an aromatic ring is 2. The molecule has 0 saturated heterocycles. The number of furan rings is 1. The van der Waals surface area contributed by atoms with Crippen LogP contribution in [0.2, 0.25) is 0 Å². The molecule has 0 unspecified atom stereocenters. The van der Waals surface area contributed by atoms with E-state index in [9.17, 15) is 4.79 Å². The van der Waals surface area contributed by atoms with E-state index in [1.54, 1.807) is 0 Å². The maximum Gasteiger partial charge on any atom is 0.374 e. The first-order chi connectivity index (χ1) is 4.61. The second-order valence-electron chi connectivity index (χ2n) is 1.74. The second kappa shape index (κ2) is 1.94. The SMILES string of the molecule is Nc1cc(N)c(C(=O)O)o1. The third kappa shape index (κ3) is 0.883. The van der Waals surface area contributed by atoms with Crippen molar-refractivity contribution in [3.63, 3.8) is 0 Å². The summed E-state index contributed by atoms with van der Waals surface area (Å²) < 4.78 is 4.53. The van der Waals surface area contributed by atoms with E-state index in [4.69, 9.17) is 16.6 Å². The Kier molecular flexibility index (Phi) is 1.26. The minimum atomic E-state index is -1.21. The first-order valence-electron chi connectivity index (χ1n) is 2.49. The van der Waals surface area contributed by atoms with Gasteiger partial charge in [-0.3, -0.25) is 0 Å². The van der Waals surface area contributed by atoms with Crippen molar-refractivity contribution in [2.75, 3.05) is 11.5 Å². The molecule has 0 aliphatic heterocycles. The number of anilines is 2. The summed E-state index contributed by atoms with van der Waals surface area (Å²) in [6.45, 7) is 0. The highest BCUT2D eigenvalue weighted by Crippen LogP contribution is 2.18. The highest BCUT2D eigenvalue weighted by molar-refractivity contribution is 5.91. The van der Waals surface area contributed by atoms with Crippen molar-refractivity contribution in [3.05, 3.63) is 11.8 Å². The van der Waals surface area contributed by atoms with Gasteiger partial charge in [0.1, 0.15) is 0 Å². The number of carboxylic acids is 1. The Morgan fingerprint density at radius 2 is 2.20 bits per heavy atom. The molecule has 0 radical (unpaired) electrons. The Morgan fingerprint density at radius 3 is 2.40 bits per heavy atom. The average molecular weight is 142 g/mol. The average Bonchev–Trinajstić information content (AvgIpc) is 2.10. The lowest BCUT2D eigenvalue weighted by molar-refractivity contribution is 0.0665. The molecule has 0 aliphatic rings. The van der Waals surface area contributed by atoms with Crippen LogP contribution in [0, 0.1) is 0 Å². The number of hydrogen-bond acceptors (Lipinski definition) is 4. The monoisotopic (exact) mass is 142 g/mol. The van der Waals surface area contributed by atoms with E-state index in [1.165, 1.54) is 6.07 Å². The van der Waals surface area contributed by atoms with Crippen molar-refractivity contribution in [2.24, 2.45) is 0 Å². The Balaban J connectivity index is 3.15. The summed E-state index contributed by atoms with van der Waals surface area (Å²) in [5.74, 6) is -1.51. The van der Waals surface area contributed by atoms with Gasteiger partial charge < -0.3 is 21.0 Å². The van der Waals surface area contributed by atoms with Gasteiger partial charge in [0.2, 0.25) is 5.76 Å². The maximum absolute atomic E-state index is 10.2. The van der Waals surface area contributed by atoms with E-state index in [-0.39, 0.29) is 17.3 Å². The van der Waals surface area contributed by atoms with E-state index in [0.717, 1.165) is 0 Å². The highest BCUT2D eigenvalue weighted by atomic mass is 16.4. The van der Waals surface area contributed by atoms with E-state index in [0.29, 0.717) is 0 Å². The van der Waals surface area contributed by atoms with Crippen molar-refractivity contribution in [1.82, 2.24) is 0 Å². The Hall–Kier alpha value is -1.65. The summed E-state index contributed by atoms with van der Waals surface area (Å²) in [4.78, 5) is 10.2. The zero-order chi connectivity index (χ0) is 7.72. The van der Waals surface area contributed by atoms with Gasteiger partial charge in [0.05, 0.1) is 5.69 Å². The molecule has 1 rings (SSSR count). The van der Waals surface area contributed by atoms with Crippen LogP contribution in [0.1, 0.15) is 10.6 Å². The Bertz CT molecular complexity index is 266. The quantitative estimate of drug-likeness (QED) is 0.517. The largest absolute Gasteiger partial charge is 0.475 e. The summed E-state index contributed by atoms with van der Waals surface area (Å²) in [5.41, 5.74) is 10.3. The molecule has 5 heteroatoms. The van der Waals surface area contributed by atoms with Crippen LogP contribution in [-0.4, -0.2) is 11.1 Å². The number of nitrogens with two attached hydrogens (primary N) is 2. The molecule has 0 bridgehead atoms. The zero-order valence-corrected chi connectivity index (χ0v) is 5.00. The lowest BCUT2D eigenvalue weighted by Gasteiger charge is -1.86. The van der Waals surface area contributed by atoms with Crippen LogP contribution in [0.15, 0.2) is 10.5 Å². The third-order valence-electron chi connectivity index (χ3n) is 0.974. The van der Waals surface area contributed by atoms with Crippen molar-refractivity contribution in [1.29, 1.82) is 0 Å². The Labute approximate surface area is 56.2 Å². The molecule has 0 amide bonds. The topological polar surface area (TPSA) is 102 Å². The molecule has 0 aliphatic carbocycles. The molecule has 0 aromatic carbocycles. The lowest BCUT2D eigenvalue weighted by Crippen LogP contribution is -1.97. The van der Waals surface area contributed by atoms with Crippen LogP contribution < -0.4 is 11.5 Å². The summed E-state index contributed by atoms with van der Waals surface area (Å²) in [6, 6.07) is 1.25. The van der Waals surface area contributed by atoms with E-state index < -0.39 is 5.97 Å². The molecule has 0 fully saturated rings. The maximum atomic E-state index is 10.2. The fraction of sp³-hybridized carbons (Fsp3) is 0. The van der Waals surface area contributed by atoms with E-state index >= 15 is 0 Å². The minimum Gasteiger partial charge on any atom is -0.475 e. The fourth-order valence-corrected chi connectivity index (χ4v) is 0.592. The molecule has 5 nitrogen and oxygen atoms in total. The van der Waals surface area contributed by atoms with Crippen LogP contribution in [-0.2, 0) is 0 Å². The third-order valence-corrected chi connectivity index (χ3v) is 0.974. The Morgan fingerprint density at radius 1 is 1.60 bits per heavy atom. The molecule has 5 N–H and O–H groups in total. The molecule has 1 heterocycles. The number of carbonyl (C=O) groups is 1. The molecular formula is C5H6N2O3. The van der Waals surface area contributed by atoms with Gasteiger partial charge in [0, 0.05) is 6.07 Å². The number of hydrogen-bond donors (Lipinski definition) is 3. The van der Waals surface area contributed by atoms with Crippen LogP contribution >= 0.6 is 0 Å². The van der Waals surface area contributed by atoms with Gasteiger partial charge in [-0.2, -0.15) is 0 Å². The summed E-state index contributed by atoms with van der Waals surface area (Å²) >= 11 is 0. The van der Waals surface area contributed by atoms with Gasteiger partial charge in [-0.1, -0.05) is 0 Å². The van der Waals surface area contributed by atoms with Gasteiger partial charge in [0.15, 0.2) is 5.88 Å². The van der Waals surface area contributed by atoms with Crippen molar-refractivity contribution >= 4 is 17.5 Å². The van der Waals surface area contributed by atoms with Gasteiger partial charge >= 0.3 is 5.97 Å². The van der Waals surface area contributed by atoms with Crippen LogP contribution in [0.5, 0.6) is 0 Å². The molecule has 0 saturated carbocycles. The molecule has 1 aromatic heterocycles. The molecule has 54 valence electrons. The fourth-order valence-electron chi connectivity index (χ4n) is 0.592. The van der Waals surface area contributed by atoms with Crippen molar-refractivity contribution in [2.45, 2.75) is 0 Å². The molecule has 1 aromatic rings. The molecular weight excluding hydrogens is 136 g/mol. The second-order valence-corrected chi connectivity index (χ2v) is 1.74. The van der Waals surface area contributed by atoms with Crippen LogP contribution in [0.4, 0.5) is 11.6 Å². The van der Waals surface area contributed by atoms with Crippen molar-refractivity contribution < 1.29 is 14.3 Å². The summed E-state index contributed by atoms with van der Waals surface area (Å²) in [5, 5.41) is 8.35. The first kappa shape index (κ1) is 6.47. The minimum absolute atomic E-state index is 0.00917. The highest BCUT2D eigenvalue weighted by Gasteiger charge is 2.12. The molecule has 0 atom stereocenters. The zero-order valence-electron chi connectivity index (χ0n) is 5.00. The van der Waals surface area contributed by atoms with E-state index in [2.05, 4.69) is 4.42 Å². The van der Waals surface area contributed by atoms with Gasteiger partial charge in [-0.15, -0.1) is 0 Å². The summed E-state index contributed by atoms with van der Waals surface area (Å²) in [6.07, 6.45) is 0. The standard InChI is InChI=1S/C5H6N2O3/c6-2-1-3(7)10-4(2)5(8)9/h1H,6-7H2,(H,8,9). The van der Waals surface area contributed by atoms with Gasteiger partial charge in [-0.05, 0) is 0 Å². The number of rotatable bonds is 1. The first-order valence-corrected chi connectivity index (χ1v) is 2.49. The summed E-state index contributed by atoms with van der Waals surface area (Å²) in [7, 11) is 0. The number of carboxylic acid groups (broad SMARTS) is 1. The predicted octanol–water partition coefficient (Wildman–Crippen LogP) is 0.142. The van der Waals surface area contributed by atoms with Crippen LogP contribution in [0.3, 0.4) is 0 Å². The predicted molar refractivity (Wildman–Crippen MR) is 34.5 cm³/mol. The molecule has 10 heavy (non-hydrogen) atoms. The van der Waals surface area contributed by atoms with Gasteiger partial charge in [0.25, 0.3) is 0 Å².